The van der Waals surface area contributed by atoms with Crippen molar-refractivity contribution in [1.82, 2.24) is 0 Å². The molecule has 0 saturated carbocycles. The number of ether oxygens (including phenoxy) is 1. The van der Waals surface area contributed by atoms with Crippen LogP contribution in [0, 0.1) is 0 Å². The summed E-state index contributed by atoms with van der Waals surface area (Å²) in [6.45, 7) is 3.23. The minimum Gasteiger partial charge on any atom is -0.462 e. The highest BCUT2D eigenvalue weighted by Crippen LogP contribution is 2.29. The Bertz CT molecular complexity index is 488. The summed E-state index contributed by atoms with van der Waals surface area (Å²) in [5.74, 6) is -0.382. The third-order valence-corrected chi connectivity index (χ3v) is 3.95. The van der Waals surface area contributed by atoms with Crippen molar-refractivity contribution < 1.29 is 14.6 Å². The minimum absolute atomic E-state index is 0.181. The van der Waals surface area contributed by atoms with Gasteiger partial charge in [-0.25, -0.2) is 4.79 Å². The van der Waals surface area contributed by atoms with Crippen molar-refractivity contribution in [3.63, 3.8) is 0 Å². The number of carbonyl (C=O) groups is 1. The van der Waals surface area contributed by atoms with Gasteiger partial charge in [0.15, 0.2) is 0 Å². The number of nitrogen functional groups attached to an aromatic ring is 1. The van der Waals surface area contributed by atoms with Gasteiger partial charge in [0.25, 0.3) is 0 Å². The molecule has 0 aromatic heterocycles. The Hall–Kier alpha value is -1.75. The summed E-state index contributed by atoms with van der Waals surface area (Å²) >= 11 is 0. The number of aliphatic hydroxyl groups excluding tert-OH is 1. The lowest BCUT2D eigenvalue weighted by Gasteiger charge is -2.37. The summed E-state index contributed by atoms with van der Waals surface area (Å²) in [6.07, 6.45) is 4.13. The van der Waals surface area contributed by atoms with E-state index in [0.29, 0.717) is 23.9 Å². The standard InChI is InChI=1S/C16H24N2O3/c1-2-21-16(20)14-11-13(6-7-15(14)17)18-9-4-3-5-12(18)8-10-19/h6-7,11-12,19H,2-5,8-10,17H2,1H3. The van der Waals surface area contributed by atoms with Crippen LogP contribution in [0.5, 0.6) is 0 Å². The second-order valence-electron chi connectivity index (χ2n) is 5.35. The lowest BCUT2D eigenvalue weighted by Crippen LogP contribution is -2.40. The van der Waals surface area contributed by atoms with Gasteiger partial charge < -0.3 is 20.5 Å². The molecular formula is C16H24N2O3. The van der Waals surface area contributed by atoms with Crippen LogP contribution in [0.1, 0.15) is 43.0 Å². The number of carbonyl (C=O) groups excluding carboxylic acids is 1. The zero-order valence-corrected chi connectivity index (χ0v) is 12.5. The van der Waals surface area contributed by atoms with Gasteiger partial charge in [-0.15, -0.1) is 0 Å². The van der Waals surface area contributed by atoms with E-state index in [1.165, 1.54) is 6.42 Å². The first-order chi connectivity index (χ1) is 10.2. The van der Waals surface area contributed by atoms with Crippen LogP contribution in [0.25, 0.3) is 0 Å². The van der Waals surface area contributed by atoms with Crippen LogP contribution in [0.3, 0.4) is 0 Å². The Morgan fingerprint density at radius 2 is 2.29 bits per heavy atom. The van der Waals surface area contributed by atoms with Gasteiger partial charge >= 0.3 is 5.97 Å². The molecule has 2 rings (SSSR count). The average Bonchev–Trinajstić information content (AvgIpc) is 2.49. The Labute approximate surface area is 125 Å². The molecule has 0 aliphatic carbocycles. The number of nitrogens with two attached hydrogens (primary N) is 1. The predicted molar refractivity (Wildman–Crippen MR) is 83.5 cm³/mol. The molecule has 1 fully saturated rings. The number of esters is 1. The Kier molecular flexibility index (Phi) is 5.44. The molecule has 0 radical (unpaired) electrons. The molecule has 116 valence electrons. The van der Waals surface area contributed by atoms with Gasteiger partial charge in [-0.05, 0) is 50.8 Å². The zero-order chi connectivity index (χ0) is 15.2. The zero-order valence-electron chi connectivity index (χ0n) is 12.5. The largest absolute Gasteiger partial charge is 0.462 e. The van der Waals surface area contributed by atoms with Crippen LogP contribution in [0.15, 0.2) is 18.2 Å². The maximum absolute atomic E-state index is 11.9. The van der Waals surface area contributed by atoms with E-state index in [4.69, 9.17) is 10.5 Å². The first-order valence-electron chi connectivity index (χ1n) is 7.61. The molecule has 5 nitrogen and oxygen atoms in total. The van der Waals surface area contributed by atoms with E-state index >= 15 is 0 Å². The molecule has 0 spiro atoms. The molecule has 0 amide bonds. The molecule has 3 N–H and O–H groups in total. The molecule has 1 heterocycles. The summed E-state index contributed by atoms with van der Waals surface area (Å²) in [7, 11) is 0. The van der Waals surface area contributed by atoms with Gasteiger partial charge in [-0.2, -0.15) is 0 Å². The summed E-state index contributed by atoms with van der Waals surface area (Å²) in [6, 6.07) is 5.82. The molecule has 1 aliphatic rings. The highest BCUT2D eigenvalue weighted by molar-refractivity contribution is 5.96. The number of aliphatic hydroxyl groups is 1. The first-order valence-corrected chi connectivity index (χ1v) is 7.61. The Morgan fingerprint density at radius 1 is 1.48 bits per heavy atom. The highest BCUT2D eigenvalue weighted by atomic mass is 16.5. The summed E-state index contributed by atoms with van der Waals surface area (Å²) in [5, 5.41) is 9.22. The Balaban J connectivity index is 2.26. The molecule has 1 unspecified atom stereocenters. The number of piperidine rings is 1. The van der Waals surface area contributed by atoms with Crippen molar-refractivity contribution in [1.29, 1.82) is 0 Å². The van der Waals surface area contributed by atoms with Crippen LogP contribution in [-0.4, -0.2) is 36.9 Å². The molecule has 21 heavy (non-hydrogen) atoms. The SMILES string of the molecule is CCOC(=O)c1cc(N2CCCCC2CCO)ccc1N. The molecular weight excluding hydrogens is 268 g/mol. The number of rotatable bonds is 5. The van der Waals surface area contributed by atoms with Crippen molar-refractivity contribution in [3.8, 4) is 0 Å². The smallest absolute Gasteiger partial charge is 0.340 e. The second kappa shape index (κ2) is 7.31. The van der Waals surface area contributed by atoms with Crippen molar-refractivity contribution in [2.24, 2.45) is 0 Å². The maximum atomic E-state index is 11.9. The van der Waals surface area contributed by atoms with E-state index in [9.17, 15) is 9.90 Å². The van der Waals surface area contributed by atoms with Gasteiger partial charge in [0.1, 0.15) is 0 Å². The first kappa shape index (κ1) is 15.6. The van der Waals surface area contributed by atoms with Gasteiger partial charge in [0.2, 0.25) is 0 Å². The number of anilines is 2. The quantitative estimate of drug-likeness (QED) is 0.642. The lowest BCUT2D eigenvalue weighted by atomic mass is 9.98. The lowest BCUT2D eigenvalue weighted by molar-refractivity contribution is 0.0527. The van der Waals surface area contributed by atoms with Gasteiger partial charge in [0.05, 0.1) is 12.2 Å². The number of nitrogens with zero attached hydrogens (tertiary/aromatic N) is 1. The van der Waals surface area contributed by atoms with Crippen LogP contribution < -0.4 is 10.6 Å². The van der Waals surface area contributed by atoms with Crippen LogP contribution in [0.2, 0.25) is 0 Å². The number of benzene rings is 1. The minimum atomic E-state index is -0.382. The van der Waals surface area contributed by atoms with E-state index in [2.05, 4.69) is 4.90 Å². The van der Waals surface area contributed by atoms with Crippen LogP contribution in [0.4, 0.5) is 11.4 Å². The fourth-order valence-corrected chi connectivity index (χ4v) is 2.90. The molecule has 1 aromatic carbocycles. The Morgan fingerprint density at radius 3 is 3.00 bits per heavy atom. The summed E-state index contributed by atoms with van der Waals surface area (Å²) in [5.41, 5.74) is 7.72. The van der Waals surface area contributed by atoms with E-state index < -0.39 is 0 Å². The van der Waals surface area contributed by atoms with E-state index in [0.717, 1.165) is 31.5 Å². The van der Waals surface area contributed by atoms with Gasteiger partial charge in [0, 0.05) is 30.6 Å². The third kappa shape index (κ3) is 3.67. The summed E-state index contributed by atoms with van der Waals surface area (Å²) in [4.78, 5) is 14.2. The maximum Gasteiger partial charge on any atom is 0.340 e. The molecule has 1 atom stereocenters. The van der Waals surface area contributed by atoms with Crippen LogP contribution >= 0.6 is 0 Å². The number of hydrogen-bond donors (Lipinski definition) is 2. The second-order valence-corrected chi connectivity index (χ2v) is 5.35. The van der Waals surface area contributed by atoms with Gasteiger partial charge in [-0.1, -0.05) is 0 Å². The monoisotopic (exact) mass is 292 g/mol. The van der Waals surface area contributed by atoms with E-state index in [1.54, 1.807) is 13.0 Å². The molecule has 0 bridgehead atoms. The van der Waals surface area contributed by atoms with Gasteiger partial charge in [-0.3, -0.25) is 0 Å². The van der Waals surface area contributed by atoms with Crippen molar-refractivity contribution >= 4 is 17.3 Å². The van der Waals surface area contributed by atoms with Crippen molar-refractivity contribution in [2.75, 3.05) is 30.4 Å². The topological polar surface area (TPSA) is 75.8 Å². The normalized spacial score (nSPS) is 18.6. The van der Waals surface area contributed by atoms with E-state index in [1.807, 2.05) is 12.1 Å². The fourth-order valence-electron chi connectivity index (χ4n) is 2.90. The molecule has 1 aliphatic heterocycles. The average molecular weight is 292 g/mol. The number of hydrogen-bond acceptors (Lipinski definition) is 5. The fraction of sp³-hybridized carbons (Fsp3) is 0.562. The molecule has 5 heteroatoms. The van der Waals surface area contributed by atoms with Crippen molar-refractivity contribution in [2.45, 2.75) is 38.6 Å². The third-order valence-electron chi connectivity index (χ3n) is 3.95. The van der Waals surface area contributed by atoms with E-state index in [-0.39, 0.29) is 12.6 Å². The molecule has 1 aromatic rings. The van der Waals surface area contributed by atoms with Crippen molar-refractivity contribution in [3.05, 3.63) is 23.8 Å². The molecule has 1 saturated heterocycles. The van der Waals surface area contributed by atoms with Crippen LogP contribution in [-0.2, 0) is 4.74 Å². The predicted octanol–water partition coefficient (Wildman–Crippen LogP) is 2.19. The highest BCUT2D eigenvalue weighted by Gasteiger charge is 2.23. The summed E-state index contributed by atoms with van der Waals surface area (Å²) < 4.78 is 5.05.